The summed E-state index contributed by atoms with van der Waals surface area (Å²) in [6, 6.07) is -0.0541. The summed E-state index contributed by atoms with van der Waals surface area (Å²) in [4.78, 5) is 0. The van der Waals surface area contributed by atoms with Crippen LogP contribution in [-0.4, -0.2) is 17.3 Å². The molecule has 2 atom stereocenters. The Hall–Kier alpha value is -2.69. The van der Waals surface area contributed by atoms with E-state index in [2.05, 4.69) is 81.1 Å². The lowest BCUT2D eigenvalue weighted by Crippen LogP contribution is -3.00. The summed E-state index contributed by atoms with van der Waals surface area (Å²) in [5.41, 5.74) is 33.8. The zero-order valence-electron chi connectivity index (χ0n) is 11.7. The van der Waals surface area contributed by atoms with Crippen molar-refractivity contribution in [1.29, 1.82) is 0 Å². The van der Waals surface area contributed by atoms with Gasteiger partial charge < -0.3 is 23.2 Å². The predicted octanol–water partition coefficient (Wildman–Crippen LogP) is 1.86. The van der Waals surface area contributed by atoms with Crippen LogP contribution < -0.4 is 18.1 Å². The number of hydrogen-bond donors (Lipinski definition) is 2. The number of halogens is 1. The van der Waals surface area contributed by atoms with Crippen LogP contribution in [0.4, 0.5) is 0 Å². The fourth-order valence-electron chi connectivity index (χ4n) is 0.835. The van der Waals surface area contributed by atoms with E-state index >= 15 is 0 Å². The molecule has 0 amide bonds. The predicted molar refractivity (Wildman–Crippen MR) is 105 cm³/mol. The Labute approximate surface area is 151 Å². The van der Waals surface area contributed by atoms with E-state index in [1.165, 1.54) is 6.08 Å². The van der Waals surface area contributed by atoms with Gasteiger partial charge in [0.15, 0.2) is 0 Å². The van der Waals surface area contributed by atoms with Gasteiger partial charge >= 0.3 is 0 Å². The van der Waals surface area contributed by atoms with Gasteiger partial charge in [-0.2, -0.15) is 0 Å². The second-order valence-electron chi connectivity index (χ2n) is 3.40. The van der Waals surface area contributed by atoms with Crippen LogP contribution in [0.3, 0.4) is 0 Å². The van der Waals surface area contributed by atoms with Gasteiger partial charge in [0.25, 0.3) is 0 Å². The number of hydrogen-bond acceptors (Lipinski definition) is 1. The lowest BCUT2D eigenvalue weighted by atomic mass is 10.1. The smallest absolute Gasteiger partial charge is 0.132 e. The van der Waals surface area contributed by atoms with E-state index in [0.29, 0.717) is 0 Å². The molecule has 0 aliphatic heterocycles. The van der Waals surface area contributed by atoms with Gasteiger partial charge in [0.05, 0.1) is 0 Å². The van der Waals surface area contributed by atoms with E-state index in [4.69, 9.17) is 0 Å². The van der Waals surface area contributed by atoms with Crippen molar-refractivity contribution in [1.82, 2.24) is 0 Å². The van der Waals surface area contributed by atoms with Crippen LogP contribution in [-0.2, 0) is 0 Å². The molecule has 0 bridgehead atoms. The monoisotopic (exact) mass is 323 g/mol. The Bertz CT molecular complexity index is 811. The molecule has 0 saturated heterocycles. The zero-order chi connectivity index (χ0) is 15.1. The Balaban J connectivity index is -0.0000000172. The molecule has 0 saturated carbocycles. The molecule has 0 radical (unpaired) electrons. The lowest BCUT2D eigenvalue weighted by molar-refractivity contribution is -0.433. The lowest BCUT2D eigenvalue weighted by Gasteiger charge is -2.07. The number of quaternary nitrogens is 1. The van der Waals surface area contributed by atoms with Gasteiger partial charge in [-0.25, -0.2) is 0 Å². The van der Waals surface area contributed by atoms with Gasteiger partial charge in [-0.3, -0.25) is 0 Å². The maximum absolute atomic E-state index is 9.54. The number of aliphatic hydroxyl groups excluding tert-OH is 1. The van der Waals surface area contributed by atoms with E-state index in [1.807, 2.05) is 6.92 Å². The normalized spacial score (nSPS) is 8.90. The largest absolute Gasteiger partial charge is 1.00 e. The highest BCUT2D eigenvalue weighted by Gasteiger charge is 2.11. The Morgan fingerprint density at radius 2 is 1.43 bits per heavy atom. The summed E-state index contributed by atoms with van der Waals surface area (Å²) in [6.07, 6.45) is 1.63. The third-order valence-corrected chi connectivity index (χ3v) is 1.98. The minimum Gasteiger partial charge on any atom is -1.00 e. The van der Waals surface area contributed by atoms with Gasteiger partial charge in [0, 0.05) is 26.0 Å². The summed E-state index contributed by atoms with van der Waals surface area (Å²) >= 11 is 0. The van der Waals surface area contributed by atoms with Crippen molar-refractivity contribution in [3.8, 4) is 0 Å². The van der Waals surface area contributed by atoms with Gasteiger partial charge in [-0.05, 0) is 70.3 Å². The van der Waals surface area contributed by atoms with E-state index < -0.39 is 6.10 Å². The molecule has 0 fully saturated rings. The fraction of sp³-hybridized carbons (Fsp3) is 0.222. The third kappa shape index (κ3) is 13.5. The highest BCUT2D eigenvalue weighted by molar-refractivity contribution is 4.94. The summed E-state index contributed by atoms with van der Waals surface area (Å²) in [5, 5.41) is 9.54. The number of rotatable bonds is 3. The summed E-state index contributed by atoms with van der Waals surface area (Å²) < 4.78 is 0. The Kier molecular flexibility index (Phi) is 15.1. The first-order valence-electron chi connectivity index (χ1n) is 5.84. The molecular weight excluding hydrogens is 282 g/mol. The number of aliphatic hydroxyl groups is 1. The molecule has 0 unspecified atom stereocenters. The first-order valence-corrected chi connectivity index (χ1v) is 5.84. The minimum atomic E-state index is -0.633. The third-order valence-electron chi connectivity index (χ3n) is 1.98. The highest BCUT2D eigenvalue weighted by atomic mass is 35.5. The first-order chi connectivity index (χ1) is 9.72. The SMILES string of the molecule is C=C=C=C=C=C=C=C=C=C=C=C=C=C[C@H](O)[C@@H]([NH3+])CC.[Cl-].[HH].[HH].[HH].[HH].[HH].[HH].[HH].[HH].[HH].[HH].[HH].[HH].[HH].[HH]. The first kappa shape index (κ1) is 20.6. The van der Waals surface area contributed by atoms with Crippen LogP contribution in [0.1, 0.15) is 33.3 Å². The van der Waals surface area contributed by atoms with Crippen LogP contribution >= 0.6 is 0 Å². The van der Waals surface area contributed by atoms with E-state index in [0.717, 1.165) is 6.42 Å². The molecule has 0 spiro atoms. The molecule has 0 heterocycles. The molecule has 0 aliphatic rings. The van der Waals surface area contributed by atoms with Crippen molar-refractivity contribution < 1.29 is 43.2 Å². The van der Waals surface area contributed by atoms with Gasteiger partial charge in [0.2, 0.25) is 0 Å². The molecule has 4 N–H and O–H groups in total. The van der Waals surface area contributed by atoms with Crippen LogP contribution in [0, 0.1) is 0 Å². The second-order valence-corrected chi connectivity index (χ2v) is 3.40. The van der Waals surface area contributed by atoms with Crippen LogP contribution in [0.25, 0.3) is 0 Å². The van der Waals surface area contributed by atoms with Gasteiger partial charge in [-0.15, -0.1) is 0 Å². The van der Waals surface area contributed by atoms with Crippen LogP contribution in [0.5, 0.6) is 0 Å². The summed E-state index contributed by atoms with van der Waals surface area (Å²) in [7, 11) is 0. The van der Waals surface area contributed by atoms with Gasteiger partial charge in [-0.1, -0.05) is 18.4 Å². The van der Waals surface area contributed by atoms with E-state index in [9.17, 15) is 5.11 Å². The Morgan fingerprint density at radius 1 is 1.00 bits per heavy atom. The van der Waals surface area contributed by atoms with Gasteiger partial charge in [0.1, 0.15) is 12.1 Å². The minimum absolute atomic E-state index is 0. The van der Waals surface area contributed by atoms with Crippen molar-refractivity contribution in [2.24, 2.45) is 0 Å². The van der Waals surface area contributed by atoms with Crippen molar-refractivity contribution in [3.05, 3.63) is 81.4 Å². The summed E-state index contributed by atoms with van der Waals surface area (Å²) in [5.74, 6) is 0. The molecule has 0 aromatic rings. The molecule has 21 heavy (non-hydrogen) atoms. The molecule has 0 aromatic heterocycles. The fourth-order valence-corrected chi connectivity index (χ4v) is 0.835. The average Bonchev–Trinajstić information content (AvgIpc) is 2.47. The second kappa shape index (κ2) is 15.4. The topological polar surface area (TPSA) is 47.9 Å². The molecular formula is C18H42ClNO. The van der Waals surface area contributed by atoms with Crippen LogP contribution in [0.15, 0.2) is 81.4 Å². The average molecular weight is 324 g/mol. The zero-order valence-corrected chi connectivity index (χ0v) is 12.4. The molecule has 0 aromatic carbocycles. The standard InChI is InChI=1S/C18H13NO.ClH.14H2/c1-3-5-6-7-8-9-10-11-12-13-14-15-16-18(20)17(19)4-2;;;;;;;;;;;;;;;/h16-18,20H,1,4,19H2,2H3;15*1H/t17-,18-;;;;;;;;;;;;;;;/m0.............../s1. The molecule has 0 rings (SSSR count). The van der Waals surface area contributed by atoms with E-state index in [-0.39, 0.29) is 38.4 Å². The quantitative estimate of drug-likeness (QED) is 0.765. The maximum atomic E-state index is 9.54. The molecule has 3 heteroatoms. The highest BCUT2D eigenvalue weighted by Crippen LogP contribution is 1.92. The molecule has 132 valence electrons. The van der Waals surface area contributed by atoms with Crippen molar-refractivity contribution in [3.63, 3.8) is 0 Å². The van der Waals surface area contributed by atoms with Crippen molar-refractivity contribution in [2.75, 3.05) is 0 Å². The van der Waals surface area contributed by atoms with Crippen LogP contribution in [0.2, 0.25) is 0 Å². The molecule has 2 nitrogen and oxygen atoms in total. The molecule has 0 aliphatic carbocycles. The Morgan fingerprint density at radius 3 is 1.86 bits per heavy atom. The maximum Gasteiger partial charge on any atom is 0.132 e. The van der Waals surface area contributed by atoms with Crippen molar-refractivity contribution in [2.45, 2.75) is 25.5 Å². The van der Waals surface area contributed by atoms with E-state index in [1.54, 1.807) is 0 Å². The van der Waals surface area contributed by atoms with Crippen molar-refractivity contribution >= 4 is 0 Å². The summed E-state index contributed by atoms with van der Waals surface area (Å²) in [6.45, 7) is 5.25.